The Labute approximate surface area is 140 Å². The molecule has 1 aliphatic rings. The van der Waals surface area contributed by atoms with Crippen LogP contribution in [-0.4, -0.2) is 21.9 Å². The first-order valence-electron chi connectivity index (χ1n) is 7.86. The number of anilines is 1. The molecule has 1 unspecified atom stereocenters. The molecule has 2 aromatic carbocycles. The molecule has 5 nitrogen and oxygen atoms in total. The van der Waals surface area contributed by atoms with Gasteiger partial charge in [0.05, 0.1) is 7.11 Å². The van der Waals surface area contributed by atoms with E-state index in [1.165, 1.54) is 0 Å². The van der Waals surface area contributed by atoms with Crippen LogP contribution < -0.4 is 10.1 Å². The maximum atomic E-state index is 5.26. The number of hydrogen-bond donors (Lipinski definition) is 1. The highest BCUT2D eigenvalue weighted by atomic mass is 16.5. The van der Waals surface area contributed by atoms with Crippen molar-refractivity contribution in [3.63, 3.8) is 0 Å². The fourth-order valence-corrected chi connectivity index (χ4v) is 2.92. The van der Waals surface area contributed by atoms with Crippen molar-refractivity contribution in [1.29, 1.82) is 0 Å². The van der Waals surface area contributed by atoms with Crippen molar-refractivity contribution in [2.75, 3.05) is 12.4 Å². The quantitative estimate of drug-likeness (QED) is 0.801. The Kier molecular flexibility index (Phi) is 3.54. The lowest BCUT2D eigenvalue weighted by Crippen LogP contribution is -2.20. The highest BCUT2D eigenvalue weighted by Crippen LogP contribution is 2.32. The number of ether oxygens (including phenoxy) is 1. The van der Waals surface area contributed by atoms with Gasteiger partial charge in [-0.3, -0.25) is 0 Å². The van der Waals surface area contributed by atoms with Crippen molar-refractivity contribution in [2.24, 2.45) is 0 Å². The van der Waals surface area contributed by atoms with E-state index >= 15 is 0 Å². The minimum absolute atomic E-state index is 0.0106. The Balaban J connectivity index is 1.80. The molecule has 4 rings (SSSR count). The summed E-state index contributed by atoms with van der Waals surface area (Å²) >= 11 is 0. The number of rotatable bonds is 3. The molecule has 24 heavy (non-hydrogen) atoms. The van der Waals surface area contributed by atoms with Crippen LogP contribution in [0.5, 0.6) is 5.75 Å². The van der Waals surface area contributed by atoms with Crippen molar-refractivity contribution < 1.29 is 4.74 Å². The fraction of sp³-hybridized carbons (Fsp3) is 0.158. The zero-order chi connectivity index (χ0) is 16.5. The van der Waals surface area contributed by atoms with Gasteiger partial charge in [0.15, 0.2) is 0 Å². The third kappa shape index (κ3) is 2.54. The van der Waals surface area contributed by atoms with Crippen LogP contribution in [0.15, 0.2) is 60.7 Å². The monoisotopic (exact) mass is 318 g/mol. The standard InChI is InChI=1S/C19H18N4O/c1-13-20-19-21-17(14-6-4-3-5-7-14)12-18(23(19)22-13)15-8-10-16(24-2)11-9-15/h3-12,18H,1-2H3,(H,20,21,22). The predicted octanol–water partition coefficient (Wildman–Crippen LogP) is 3.65. The predicted molar refractivity (Wildman–Crippen MR) is 93.9 cm³/mol. The molecule has 0 saturated heterocycles. The molecule has 0 saturated carbocycles. The molecule has 0 aliphatic carbocycles. The van der Waals surface area contributed by atoms with E-state index in [4.69, 9.17) is 4.74 Å². The summed E-state index contributed by atoms with van der Waals surface area (Å²) in [6.07, 6.45) is 2.18. The summed E-state index contributed by atoms with van der Waals surface area (Å²) < 4.78 is 7.18. The van der Waals surface area contributed by atoms with Crippen LogP contribution in [0, 0.1) is 6.92 Å². The zero-order valence-corrected chi connectivity index (χ0v) is 13.6. The first-order chi connectivity index (χ1) is 11.7. The average molecular weight is 318 g/mol. The van der Waals surface area contributed by atoms with Crippen LogP contribution in [0.2, 0.25) is 0 Å². The lowest BCUT2D eigenvalue weighted by molar-refractivity contribution is 0.414. The van der Waals surface area contributed by atoms with Crippen molar-refractivity contribution in [1.82, 2.24) is 14.8 Å². The summed E-state index contributed by atoms with van der Waals surface area (Å²) in [6, 6.07) is 18.3. The second kappa shape index (κ2) is 5.85. The van der Waals surface area contributed by atoms with Gasteiger partial charge in [0.2, 0.25) is 5.95 Å². The zero-order valence-electron chi connectivity index (χ0n) is 13.6. The van der Waals surface area contributed by atoms with E-state index in [-0.39, 0.29) is 6.04 Å². The molecular weight excluding hydrogens is 300 g/mol. The molecule has 1 N–H and O–H groups in total. The molecule has 1 atom stereocenters. The lowest BCUT2D eigenvalue weighted by atomic mass is 10.0. The van der Waals surface area contributed by atoms with Gasteiger partial charge in [-0.25, -0.2) is 4.68 Å². The molecule has 0 bridgehead atoms. The van der Waals surface area contributed by atoms with Crippen LogP contribution in [0.1, 0.15) is 23.0 Å². The van der Waals surface area contributed by atoms with E-state index in [1.54, 1.807) is 7.11 Å². The minimum Gasteiger partial charge on any atom is -0.497 e. The Morgan fingerprint density at radius 1 is 1.04 bits per heavy atom. The van der Waals surface area contributed by atoms with Gasteiger partial charge in [-0.1, -0.05) is 42.5 Å². The summed E-state index contributed by atoms with van der Waals surface area (Å²) in [6.45, 7) is 1.90. The summed E-state index contributed by atoms with van der Waals surface area (Å²) in [4.78, 5) is 4.51. The van der Waals surface area contributed by atoms with Crippen molar-refractivity contribution in [3.8, 4) is 5.75 Å². The normalized spacial score (nSPS) is 16.1. The number of fused-ring (bicyclic) bond motifs is 1. The Hall–Kier alpha value is -3.08. The van der Waals surface area contributed by atoms with Crippen molar-refractivity contribution >= 4 is 11.6 Å². The van der Waals surface area contributed by atoms with Crippen molar-refractivity contribution in [3.05, 3.63) is 77.6 Å². The van der Waals surface area contributed by atoms with Crippen LogP contribution in [0.25, 0.3) is 5.70 Å². The largest absolute Gasteiger partial charge is 0.497 e. The average Bonchev–Trinajstić information content (AvgIpc) is 3.02. The third-order valence-electron chi connectivity index (χ3n) is 4.11. The van der Waals surface area contributed by atoms with E-state index in [0.717, 1.165) is 34.3 Å². The number of aryl methyl sites for hydroxylation is 1. The molecule has 0 radical (unpaired) electrons. The van der Waals surface area contributed by atoms with Gasteiger partial charge in [0, 0.05) is 5.70 Å². The molecule has 0 fully saturated rings. The third-order valence-corrected chi connectivity index (χ3v) is 4.11. The number of benzene rings is 2. The Morgan fingerprint density at radius 3 is 2.50 bits per heavy atom. The summed E-state index contributed by atoms with van der Waals surface area (Å²) in [5.41, 5.74) is 3.30. The number of allylic oxidation sites excluding steroid dienone is 1. The topological polar surface area (TPSA) is 52.0 Å². The number of nitrogens with one attached hydrogen (secondary N) is 1. The van der Waals surface area contributed by atoms with E-state index in [1.807, 2.05) is 41.9 Å². The van der Waals surface area contributed by atoms with Crippen LogP contribution >= 0.6 is 0 Å². The molecule has 0 amide bonds. The maximum absolute atomic E-state index is 5.26. The smallest absolute Gasteiger partial charge is 0.226 e. The van der Waals surface area contributed by atoms with Gasteiger partial charge in [0.25, 0.3) is 0 Å². The Morgan fingerprint density at radius 2 is 1.79 bits per heavy atom. The summed E-state index contributed by atoms with van der Waals surface area (Å²) in [5, 5.41) is 7.93. The molecular formula is C19H18N4O. The Bertz CT molecular complexity index is 881. The van der Waals surface area contributed by atoms with Crippen LogP contribution in [-0.2, 0) is 0 Å². The lowest BCUT2D eigenvalue weighted by Gasteiger charge is -2.24. The van der Waals surface area contributed by atoms with E-state index < -0.39 is 0 Å². The highest BCUT2D eigenvalue weighted by molar-refractivity contribution is 5.77. The molecule has 0 spiro atoms. The molecule has 2 heterocycles. The van der Waals surface area contributed by atoms with E-state index in [0.29, 0.717) is 0 Å². The minimum atomic E-state index is -0.0106. The van der Waals surface area contributed by atoms with E-state index in [9.17, 15) is 0 Å². The molecule has 1 aromatic heterocycles. The van der Waals surface area contributed by atoms with Gasteiger partial charge in [-0.05, 0) is 36.3 Å². The molecule has 3 aromatic rings. The van der Waals surface area contributed by atoms with Crippen LogP contribution in [0.3, 0.4) is 0 Å². The van der Waals surface area contributed by atoms with Crippen molar-refractivity contribution in [2.45, 2.75) is 13.0 Å². The van der Waals surface area contributed by atoms with Gasteiger partial charge in [0.1, 0.15) is 17.6 Å². The maximum Gasteiger partial charge on any atom is 0.226 e. The number of methoxy groups -OCH3 is 1. The van der Waals surface area contributed by atoms with E-state index in [2.05, 4.69) is 45.7 Å². The molecule has 120 valence electrons. The number of aromatic nitrogens is 3. The SMILES string of the molecule is COc1ccc(C2C=C(c3ccccc3)Nc3nc(C)nn32)cc1. The van der Waals surface area contributed by atoms with Gasteiger partial charge >= 0.3 is 0 Å². The number of nitrogens with zero attached hydrogens (tertiary/aromatic N) is 3. The second-order valence-electron chi connectivity index (χ2n) is 5.72. The second-order valence-corrected chi connectivity index (χ2v) is 5.72. The number of hydrogen-bond acceptors (Lipinski definition) is 4. The summed E-state index contributed by atoms with van der Waals surface area (Å²) in [5.74, 6) is 2.35. The van der Waals surface area contributed by atoms with Gasteiger partial charge < -0.3 is 10.1 Å². The molecule has 1 aliphatic heterocycles. The first kappa shape index (κ1) is 14.5. The van der Waals surface area contributed by atoms with Crippen LogP contribution in [0.4, 0.5) is 5.95 Å². The van der Waals surface area contributed by atoms with Gasteiger partial charge in [-0.15, -0.1) is 0 Å². The molecule has 5 heteroatoms. The summed E-state index contributed by atoms with van der Waals surface area (Å²) in [7, 11) is 1.67. The fourth-order valence-electron chi connectivity index (χ4n) is 2.92. The first-order valence-corrected chi connectivity index (χ1v) is 7.86. The van der Waals surface area contributed by atoms with Gasteiger partial charge in [-0.2, -0.15) is 10.1 Å². The highest BCUT2D eigenvalue weighted by Gasteiger charge is 2.24.